The molecule has 0 saturated heterocycles. The summed E-state index contributed by atoms with van der Waals surface area (Å²) < 4.78 is 6.99. The normalized spacial score (nSPS) is 10.9. The van der Waals surface area contributed by atoms with Crippen LogP contribution in [0.15, 0.2) is 24.5 Å². The van der Waals surface area contributed by atoms with Gasteiger partial charge in [0.25, 0.3) is 0 Å². The van der Waals surface area contributed by atoms with Crippen LogP contribution in [0.3, 0.4) is 0 Å². The van der Waals surface area contributed by atoms with Crippen LogP contribution < -0.4 is 0 Å². The summed E-state index contributed by atoms with van der Waals surface area (Å²) in [6.07, 6.45) is 3.33. The average Bonchev–Trinajstić information content (AvgIpc) is 2.97. The Hall–Kier alpha value is -2.96. The lowest BCUT2D eigenvalue weighted by atomic mass is 10.0. The monoisotopic (exact) mass is 413 g/mol. The summed E-state index contributed by atoms with van der Waals surface area (Å²) in [5, 5.41) is 0. The predicted molar refractivity (Wildman–Crippen MR) is 114 cm³/mol. The Kier molecular flexibility index (Phi) is 7.92. The van der Waals surface area contributed by atoms with Crippen LogP contribution in [0, 0.1) is 19.8 Å². The van der Waals surface area contributed by atoms with E-state index >= 15 is 0 Å². The SMILES string of the molecule is CCOC(=O)c1c(C)c(C(=O)CN(Cc2ccncc2)C(=O)C(C)C)c(C)n1CC. The third-order valence-electron chi connectivity index (χ3n) is 5.09. The predicted octanol–water partition coefficient (Wildman–Crippen LogP) is 3.56. The number of esters is 1. The molecule has 0 aliphatic rings. The molecule has 0 bridgehead atoms. The van der Waals surface area contributed by atoms with Gasteiger partial charge in [-0.05, 0) is 51.0 Å². The van der Waals surface area contributed by atoms with Gasteiger partial charge in [0, 0.05) is 42.7 Å². The standard InChI is InChI=1S/C23H31N3O4/c1-7-26-17(6)20(16(5)21(26)23(29)30-8-2)19(27)14-25(22(28)15(3)4)13-18-9-11-24-12-10-18/h9-12,15H,7-8,13-14H2,1-6H3. The Morgan fingerprint density at radius 3 is 2.30 bits per heavy atom. The quantitative estimate of drug-likeness (QED) is 0.464. The molecule has 1 amide bonds. The van der Waals surface area contributed by atoms with E-state index < -0.39 is 5.97 Å². The Labute approximate surface area is 178 Å². The second-order valence-corrected chi connectivity index (χ2v) is 7.53. The van der Waals surface area contributed by atoms with E-state index in [1.165, 1.54) is 0 Å². The number of hydrogen-bond donors (Lipinski definition) is 0. The van der Waals surface area contributed by atoms with Crippen molar-refractivity contribution in [3.63, 3.8) is 0 Å². The molecule has 0 saturated carbocycles. The van der Waals surface area contributed by atoms with E-state index in [9.17, 15) is 14.4 Å². The van der Waals surface area contributed by atoms with Crippen molar-refractivity contribution in [1.29, 1.82) is 0 Å². The van der Waals surface area contributed by atoms with Gasteiger partial charge in [-0.25, -0.2) is 4.79 Å². The zero-order chi connectivity index (χ0) is 22.4. The van der Waals surface area contributed by atoms with Crippen molar-refractivity contribution in [3.8, 4) is 0 Å². The van der Waals surface area contributed by atoms with Crippen LogP contribution in [0.25, 0.3) is 0 Å². The third kappa shape index (κ3) is 4.96. The Balaban J connectivity index is 2.39. The minimum absolute atomic E-state index is 0.0585. The number of carbonyl (C=O) groups excluding carboxylic acids is 3. The van der Waals surface area contributed by atoms with E-state index in [1.54, 1.807) is 35.7 Å². The first-order valence-electron chi connectivity index (χ1n) is 10.3. The lowest BCUT2D eigenvalue weighted by Crippen LogP contribution is -2.38. The van der Waals surface area contributed by atoms with Crippen LogP contribution >= 0.6 is 0 Å². The number of rotatable bonds is 9. The molecule has 0 fully saturated rings. The van der Waals surface area contributed by atoms with Gasteiger partial charge in [-0.3, -0.25) is 14.6 Å². The smallest absolute Gasteiger partial charge is 0.355 e. The fraction of sp³-hybridized carbons (Fsp3) is 0.478. The molecule has 0 radical (unpaired) electrons. The molecule has 0 atom stereocenters. The van der Waals surface area contributed by atoms with Gasteiger partial charge in [0.2, 0.25) is 5.91 Å². The average molecular weight is 414 g/mol. The maximum atomic E-state index is 13.3. The van der Waals surface area contributed by atoms with E-state index in [-0.39, 0.29) is 30.8 Å². The van der Waals surface area contributed by atoms with Crippen LogP contribution in [-0.2, 0) is 22.6 Å². The zero-order valence-electron chi connectivity index (χ0n) is 18.7. The summed E-state index contributed by atoms with van der Waals surface area (Å²) in [6.45, 7) is 11.9. The largest absolute Gasteiger partial charge is 0.461 e. The van der Waals surface area contributed by atoms with Gasteiger partial charge in [-0.15, -0.1) is 0 Å². The lowest BCUT2D eigenvalue weighted by Gasteiger charge is -2.24. The van der Waals surface area contributed by atoms with E-state index in [4.69, 9.17) is 4.74 Å². The fourth-order valence-corrected chi connectivity index (χ4v) is 3.70. The summed E-state index contributed by atoms with van der Waals surface area (Å²) >= 11 is 0. The van der Waals surface area contributed by atoms with Crippen molar-refractivity contribution in [1.82, 2.24) is 14.5 Å². The Morgan fingerprint density at radius 1 is 1.13 bits per heavy atom. The van der Waals surface area contributed by atoms with Crippen LogP contribution in [0.2, 0.25) is 0 Å². The van der Waals surface area contributed by atoms with Crippen LogP contribution in [0.1, 0.15) is 65.4 Å². The zero-order valence-corrected chi connectivity index (χ0v) is 18.7. The van der Waals surface area contributed by atoms with Gasteiger partial charge in [0.15, 0.2) is 5.78 Å². The summed E-state index contributed by atoms with van der Waals surface area (Å²) in [6, 6.07) is 3.65. The molecule has 0 aliphatic heterocycles. The molecular formula is C23H31N3O4. The summed E-state index contributed by atoms with van der Waals surface area (Å²) in [7, 11) is 0. The first kappa shape index (κ1) is 23.3. The van der Waals surface area contributed by atoms with E-state index in [0.717, 1.165) is 5.56 Å². The van der Waals surface area contributed by atoms with Gasteiger partial charge < -0.3 is 14.2 Å². The molecule has 0 aliphatic carbocycles. The molecule has 7 heteroatoms. The van der Waals surface area contributed by atoms with Gasteiger partial charge >= 0.3 is 5.97 Å². The number of ether oxygens (including phenoxy) is 1. The van der Waals surface area contributed by atoms with Crippen molar-refractivity contribution in [2.24, 2.45) is 5.92 Å². The number of aromatic nitrogens is 2. The second kappa shape index (κ2) is 10.2. The molecule has 2 rings (SSSR count). The van der Waals surface area contributed by atoms with Crippen LogP contribution in [0.5, 0.6) is 0 Å². The molecule has 2 aromatic heterocycles. The number of carbonyl (C=O) groups is 3. The van der Waals surface area contributed by atoms with Crippen molar-refractivity contribution in [2.75, 3.05) is 13.2 Å². The first-order valence-corrected chi connectivity index (χ1v) is 10.3. The second-order valence-electron chi connectivity index (χ2n) is 7.53. The number of Topliss-reactive ketones (excluding diaryl/α,β-unsaturated/α-hetero) is 1. The number of pyridine rings is 1. The number of amides is 1. The maximum absolute atomic E-state index is 13.3. The van der Waals surface area contributed by atoms with Crippen molar-refractivity contribution < 1.29 is 19.1 Å². The molecule has 0 spiro atoms. The van der Waals surface area contributed by atoms with E-state index in [2.05, 4.69) is 4.98 Å². The highest BCUT2D eigenvalue weighted by Crippen LogP contribution is 2.24. The molecule has 30 heavy (non-hydrogen) atoms. The van der Waals surface area contributed by atoms with Crippen LogP contribution in [0.4, 0.5) is 0 Å². The van der Waals surface area contributed by atoms with Crippen molar-refractivity contribution in [3.05, 3.63) is 52.6 Å². The summed E-state index contributed by atoms with van der Waals surface area (Å²) in [4.78, 5) is 44.1. The minimum Gasteiger partial charge on any atom is -0.461 e. The number of hydrogen-bond acceptors (Lipinski definition) is 5. The van der Waals surface area contributed by atoms with E-state index in [1.807, 2.05) is 39.8 Å². The number of nitrogens with zero attached hydrogens (tertiary/aromatic N) is 3. The highest BCUT2D eigenvalue weighted by atomic mass is 16.5. The lowest BCUT2D eigenvalue weighted by molar-refractivity contribution is -0.134. The van der Waals surface area contributed by atoms with E-state index in [0.29, 0.717) is 35.6 Å². The Bertz CT molecular complexity index is 916. The van der Waals surface area contributed by atoms with Crippen molar-refractivity contribution in [2.45, 2.75) is 54.6 Å². The molecule has 0 aromatic carbocycles. The highest BCUT2D eigenvalue weighted by Gasteiger charge is 2.29. The molecule has 7 nitrogen and oxygen atoms in total. The van der Waals surface area contributed by atoms with Crippen LogP contribution in [-0.4, -0.2) is 45.3 Å². The maximum Gasteiger partial charge on any atom is 0.355 e. The number of ketones is 1. The molecule has 2 heterocycles. The van der Waals surface area contributed by atoms with Gasteiger partial charge in [-0.2, -0.15) is 0 Å². The third-order valence-corrected chi connectivity index (χ3v) is 5.09. The Morgan fingerprint density at radius 2 is 1.77 bits per heavy atom. The van der Waals surface area contributed by atoms with Crippen molar-refractivity contribution >= 4 is 17.7 Å². The fourth-order valence-electron chi connectivity index (χ4n) is 3.70. The molecule has 0 unspecified atom stereocenters. The molecule has 162 valence electrons. The van der Waals surface area contributed by atoms with Gasteiger partial charge in [-0.1, -0.05) is 13.8 Å². The topological polar surface area (TPSA) is 81.5 Å². The highest BCUT2D eigenvalue weighted by molar-refractivity contribution is 6.04. The van der Waals surface area contributed by atoms with Gasteiger partial charge in [0.1, 0.15) is 5.69 Å². The molecule has 2 aromatic rings. The summed E-state index contributed by atoms with van der Waals surface area (Å²) in [5.41, 5.74) is 3.09. The minimum atomic E-state index is -0.439. The molecule has 0 N–H and O–H groups in total. The van der Waals surface area contributed by atoms with Gasteiger partial charge in [0.05, 0.1) is 13.2 Å². The molecular weight excluding hydrogens is 382 g/mol. The first-order chi connectivity index (χ1) is 14.2. The summed E-state index contributed by atoms with van der Waals surface area (Å²) in [5.74, 6) is -0.968.